The topological polar surface area (TPSA) is 126 Å². The van der Waals surface area contributed by atoms with Gasteiger partial charge < -0.3 is 5.11 Å². The maximum Gasteiger partial charge on any atom is 0.258 e. The first-order valence-electron chi connectivity index (χ1n) is 8.32. The van der Waals surface area contributed by atoms with Crippen molar-refractivity contribution in [2.45, 2.75) is 17.7 Å². The van der Waals surface area contributed by atoms with Crippen molar-refractivity contribution in [3.8, 4) is 5.88 Å². The lowest BCUT2D eigenvalue weighted by Crippen LogP contribution is -2.11. The summed E-state index contributed by atoms with van der Waals surface area (Å²) in [6.45, 7) is 0.518. The standard InChI is InChI=1S/C19H19N3O4S/c20-27(25,26)14-9-7-13(8-10-14)4-3-11-21-12-17-15-5-1-2-6-16(15)18(23)22-19(17)24/h1-2,5-10,12H,3-4,11H2,(H2,20,25,26)(H2,22,23,24). The molecular weight excluding hydrogens is 366 g/mol. The summed E-state index contributed by atoms with van der Waals surface area (Å²) in [5.41, 5.74) is 1.11. The molecule has 0 amide bonds. The highest BCUT2D eigenvalue weighted by molar-refractivity contribution is 7.89. The van der Waals surface area contributed by atoms with E-state index in [0.29, 0.717) is 22.9 Å². The van der Waals surface area contributed by atoms with Gasteiger partial charge in [0, 0.05) is 23.5 Å². The van der Waals surface area contributed by atoms with Gasteiger partial charge in [0.1, 0.15) is 0 Å². The van der Waals surface area contributed by atoms with Crippen molar-refractivity contribution in [1.29, 1.82) is 0 Å². The summed E-state index contributed by atoms with van der Waals surface area (Å²) < 4.78 is 22.5. The number of aromatic amines is 1. The van der Waals surface area contributed by atoms with Crippen molar-refractivity contribution in [2.24, 2.45) is 10.1 Å². The van der Waals surface area contributed by atoms with Crippen LogP contribution in [0.15, 0.2) is 63.2 Å². The predicted molar refractivity (Wildman–Crippen MR) is 105 cm³/mol. The summed E-state index contributed by atoms with van der Waals surface area (Å²) in [5, 5.41) is 16.2. The number of aromatic nitrogens is 1. The summed E-state index contributed by atoms with van der Waals surface area (Å²) in [4.78, 5) is 18.7. The van der Waals surface area contributed by atoms with Crippen LogP contribution >= 0.6 is 0 Å². The maximum absolute atomic E-state index is 11.9. The van der Waals surface area contributed by atoms with E-state index < -0.39 is 10.0 Å². The molecule has 3 rings (SSSR count). The Morgan fingerprint density at radius 2 is 1.74 bits per heavy atom. The first-order chi connectivity index (χ1) is 12.9. The van der Waals surface area contributed by atoms with Crippen LogP contribution < -0.4 is 10.7 Å². The third-order valence-electron chi connectivity index (χ3n) is 4.17. The van der Waals surface area contributed by atoms with Gasteiger partial charge in [0.05, 0.1) is 10.5 Å². The van der Waals surface area contributed by atoms with Gasteiger partial charge in [0.15, 0.2) is 0 Å². The van der Waals surface area contributed by atoms with Crippen LogP contribution in [0.2, 0.25) is 0 Å². The van der Waals surface area contributed by atoms with Crippen LogP contribution in [0.1, 0.15) is 17.5 Å². The van der Waals surface area contributed by atoms with E-state index >= 15 is 0 Å². The summed E-state index contributed by atoms with van der Waals surface area (Å²) in [6, 6.07) is 13.4. The minimum Gasteiger partial charge on any atom is -0.494 e. The molecule has 8 heteroatoms. The molecule has 4 N–H and O–H groups in total. The molecule has 7 nitrogen and oxygen atoms in total. The quantitative estimate of drug-likeness (QED) is 0.443. The Bertz CT molecular complexity index is 1150. The van der Waals surface area contributed by atoms with Crippen LogP contribution in [-0.2, 0) is 16.4 Å². The number of hydrogen-bond acceptors (Lipinski definition) is 5. The molecule has 0 spiro atoms. The first-order valence-corrected chi connectivity index (χ1v) is 9.86. The number of pyridine rings is 1. The van der Waals surface area contributed by atoms with Gasteiger partial charge >= 0.3 is 0 Å². The monoisotopic (exact) mass is 385 g/mol. The first kappa shape index (κ1) is 18.8. The molecule has 0 saturated carbocycles. The SMILES string of the molecule is NS(=O)(=O)c1ccc(CCCN=Cc2c(O)[nH]c(=O)c3ccccc23)cc1. The minimum absolute atomic E-state index is 0.0877. The van der Waals surface area contributed by atoms with Gasteiger partial charge in [-0.3, -0.25) is 14.8 Å². The van der Waals surface area contributed by atoms with Gasteiger partial charge in [-0.15, -0.1) is 0 Å². The van der Waals surface area contributed by atoms with E-state index in [1.54, 1.807) is 42.6 Å². The Kier molecular flexibility index (Phi) is 5.38. The van der Waals surface area contributed by atoms with Crippen molar-refractivity contribution in [3.05, 3.63) is 70.0 Å². The van der Waals surface area contributed by atoms with Gasteiger partial charge in [-0.2, -0.15) is 0 Å². The smallest absolute Gasteiger partial charge is 0.258 e. The van der Waals surface area contributed by atoms with Crippen LogP contribution in [0, 0.1) is 0 Å². The van der Waals surface area contributed by atoms with Gasteiger partial charge in [0.25, 0.3) is 5.56 Å². The highest BCUT2D eigenvalue weighted by atomic mass is 32.2. The molecule has 27 heavy (non-hydrogen) atoms. The van der Waals surface area contributed by atoms with Crippen LogP contribution in [0.25, 0.3) is 10.8 Å². The lowest BCUT2D eigenvalue weighted by molar-refractivity contribution is 0.452. The van der Waals surface area contributed by atoms with Crippen molar-refractivity contribution < 1.29 is 13.5 Å². The summed E-state index contributed by atoms with van der Waals surface area (Å²) in [5.74, 6) is -0.207. The number of rotatable bonds is 6. The number of hydrogen-bond donors (Lipinski definition) is 3. The third-order valence-corrected chi connectivity index (χ3v) is 5.10. The number of benzene rings is 2. The molecule has 0 unspecified atom stereocenters. The highest BCUT2D eigenvalue weighted by Crippen LogP contribution is 2.20. The van der Waals surface area contributed by atoms with Crippen molar-refractivity contribution >= 4 is 27.0 Å². The van der Waals surface area contributed by atoms with Crippen molar-refractivity contribution in [3.63, 3.8) is 0 Å². The molecule has 0 radical (unpaired) electrons. The van der Waals surface area contributed by atoms with Gasteiger partial charge in [-0.05, 0) is 36.6 Å². The van der Waals surface area contributed by atoms with E-state index in [-0.39, 0.29) is 16.3 Å². The van der Waals surface area contributed by atoms with Crippen LogP contribution in [0.4, 0.5) is 0 Å². The normalized spacial score (nSPS) is 12.0. The molecule has 1 heterocycles. The molecule has 0 saturated heterocycles. The molecule has 0 bridgehead atoms. The number of nitrogens with one attached hydrogen (secondary N) is 1. The fraction of sp³-hybridized carbons (Fsp3) is 0.158. The second kappa shape index (κ2) is 7.73. The predicted octanol–water partition coefficient (Wildman–Crippen LogP) is 1.93. The zero-order valence-corrected chi connectivity index (χ0v) is 15.2. The molecule has 0 aliphatic heterocycles. The van der Waals surface area contributed by atoms with E-state index in [9.17, 15) is 18.3 Å². The number of sulfonamides is 1. The number of H-pyrrole nitrogens is 1. The fourth-order valence-electron chi connectivity index (χ4n) is 2.79. The zero-order chi connectivity index (χ0) is 19.4. The second-order valence-electron chi connectivity index (χ2n) is 6.09. The highest BCUT2D eigenvalue weighted by Gasteiger charge is 2.08. The lowest BCUT2D eigenvalue weighted by atomic mass is 10.1. The second-order valence-corrected chi connectivity index (χ2v) is 7.65. The fourth-order valence-corrected chi connectivity index (χ4v) is 3.31. The largest absolute Gasteiger partial charge is 0.494 e. The molecule has 0 fully saturated rings. The summed E-state index contributed by atoms with van der Waals surface area (Å²) >= 11 is 0. The van der Waals surface area contributed by atoms with Gasteiger partial charge in [-0.1, -0.05) is 30.3 Å². The van der Waals surface area contributed by atoms with Gasteiger partial charge in [0.2, 0.25) is 15.9 Å². The molecule has 3 aromatic rings. The number of fused-ring (bicyclic) bond motifs is 1. The summed E-state index contributed by atoms with van der Waals surface area (Å²) in [7, 11) is -3.68. The number of aryl methyl sites for hydroxylation is 1. The van der Waals surface area contributed by atoms with Crippen molar-refractivity contribution in [2.75, 3.05) is 6.54 Å². The Morgan fingerprint density at radius 1 is 1.07 bits per heavy atom. The van der Waals surface area contributed by atoms with Crippen LogP contribution in [-0.4, -0.2) is 31.3 Å². The molecule has 0 aliphatic rings. The molecule has 0 atom stereocenters. The maximum atomic E-state index is 11.9. The van der Waals surface area contributed by atoms with Gasteiger partial charge in [-0.25, -0.2) is 13.6 Å². The van der Waals surface area contributed by atoms with Crippen LogP contribution in [0.5, 0.6) is 5.88 Å². The number of nitrogens with zero attached hydrogens (tertiary/aromatic N) is 1. The minimum atomic E-state index is -3.68. The van der Waals surface area contributed by atoms with E-state index in [1.165, 1.54) is 12.1 Å². The Morgan fingerprint density at radius 3 is 2.41 bits per heavy atom. The molecule has 140 valence electrons. The third kappa shape index (κ3) is 4.42. The Hall–Kier alpha value is -2.97. The van der Waals surface area contributed by atoms with E-state index in [2.05, 4.69) is 9.98 Å². The molecule has 1 aromatic heterocycles. The summed E-state index contributed by atoms with van der Waals surface area (Å²) in [6.07, 6.45) is 3.02. The van der Waals surface area contributed by atoms with Crippen LogP contribution in [0.3, 0.4) is 0 Å². The Labute approximate surface area is 156 Å². The lowest BCUT2D eigenvalue weighted by Gasteiger charge is -2.04. The number of nitrogens with two attached hydrogens (primary N) is 1. The number of aromatic hydroxyl groups is 1. The number of aliphatic imine (C=N–C) groups is 1. The molecule has 0 aliphatic carbocycles. The average Bonchev–Trinajstić information content (AvgIpc) is 2.63. The van der Waals surface area contributed by atoms with E-state index in [0.717, 1.165) is 18.4 Å². The Balaban J connectivity index is 1.65. The van der Waals surface area contributed by atoms with E-state index in [1.807, 2.05) is 0 Å². The molecular formula is C19H19N3O4S. The zero-order valence-electron chi connectivity index (χ0n) is 14.4. The average molecular weight is 385 g/mol. The van der Waals surface area contributed by atoms with Crippen molar-refractivity contribution in [1.82, 2.24) is 4.98 Å². The number of primary sulfonamides is 1. The van der Waals surface area contributed by atoms with E-state index in [4.69, 9.17) is 5.14 Å². The molecule has 2 aromatic carbocycles.